The van der Waals surface area contributed by atoms with Gasteiger partial charge in [0.1, 0.15) is 17.3 Å². The molecule has 2 aromatic rings. The van der Waals surface area contributed by atoms with E-state index in [9.17, 15) is 14.0 Å². The summed E-state index contributed by atoms with van der Waals surface area (Å²) >= 11 is 0. The zero-order valence-electron chi connectivity index (χ0n) is 18.3. The number of allylic oxidation sites excluding steroid dienone is 2. The van der Waals surface area contributed by atoms with E-state index in [1.165, 1.54) is 12.1 Å². The van der Waals surface area contributed by atoms with E-state index >= 15 is 0 Å². The quantitative estimate of drug-likeness (QED) is 0.318. The van der Waals surface area contributed by atoms with Gasteiger partial charge in [-0.05, 0) is 66.9 Å². The number of furan rings is 1. The normalized spacial score (nSPS) is 17.6. The minimum absolute atomic E-state index is 0.0403. The Balaban J connectivity index is 1.71. The number of hydrogen-bond acceptors (Lipinski definition) is 4. The van der Waals surface area contributed by atoms with E-state index < -0.39 is 14.2 Å². The summed E-state index contributed by atoms with van der Waals surface area (Å²) in [5.41, 5.74) is 0.881. The molecule has 1 atom stereocenters. The molecular formula is C24H29FO4Si. The number of benzene rings is 1. The van der Waals surface area contributed by atoms with Gasteiger partial charge in [0.25, 0.3) is 8.32 Å². The van der Waals surface area contributed by atoms with Crippen LogP contribution in [0.5, 0.6) is 0 Å². The Labute approximate surface area is 178 Å². The van der Waals surface area contributed by atoms with Crippen LogP contribution in [-0.4, -0.2) is 19.9 Å². The molecular weight excluding hydrogens is 399 g/mol. The third kappa shape index (κ3) is 4.81. The van der Waals surface area contributed by atoms with Crippen LogP contribution in [0.1, 0.15) is 55.5 Å². The number of rotatable bonds is 6. The molecule has 0 aliphatic heterocycles. The Morgan fingerprint density at radius 1 is 1.17 bits per heavy atom. The summed E-state index contributed by atoms with van der Waals surface area (Å²) < 4.78 is 25.0. The van der Waals surface area contributed by atoms with E-state index in [1.807, 2.05) is 6.08 Å². The molecule has 1 aromatic heterocycles. The van der Waals surface area contributed by atoms with E-state index in [0.29, 0.717) is 30.8 Å². The van der Waals surface area contributed by atoms with Crippen molar-refractivity contribution >= 4 is 19.9 Å². The molecule has 0 amide bonds. The van der Waals surface area contributed by atoms with Crippen LogP contribution < -0.4 is 0 Å². The molecule has 160 valence electrons. The largest absolute Gasteiger partial charge is 0.541 e. The molecule has 0 bridgehead atoms. The van der Waals surface area contributed by atoms with E-state index in [4.69, 9.17) is 8.84 Å². The van der Waals surface area contributed by atoms with Crippen molar-refractivity contribution in [3.63, 3.8) is 0 Å². The molecule has 4 nitrogen and oxygen atoms in total. The topological polar surface area (TPSA) is 56.5 Å². The maximum atomic E-state index is 13.1. The predicted octanol–water partition coefficient (Wildman–Crippen LogP) is 6.08. The van der Waals surface area contributed by atoms with Gasteiger partial charge >= 0.3 is 0 Å². The second-order valence-electron chi connectivity index (χ2n) is 9.36. The first-order valence-corrected chi connectivity index (χ1v) is 13.2. The van der Waals surface area contributed by atoms with Crippen LogP contribution in [0.25, 0.3) is 0 Å². The molecule has 1 unspecified atom stereocenters. The van der Waals surface area contributed by atoms with Gasteiger partial charge in [0.15, 0.2) is 5.76 Å². The average Bonchev–Trinajstić information content (AvgIpc) is 3.12. The summed E-state index contributed by atoms with van der Waals surface area (Å²) in [5.74, 6) is -0.541. The van der Waals surface area contributed by atoms with Gasteiger partial charge in [0, 0.05) is 6.42 Å². The summed E-state index contributed by atoms with van der Waals surface area (Å²) in [6.07, 6.45) is 3.34. The molecule has 1 heterocycles. The molecule has 1 aliphatic carbocycles. The lowest BCUT2D eigenvalue weighted by atomic mass is 9.87. The molecule has 3 rings (SSSR count). The number of hydrogen-bond donors (Lipinski definition) is 0. The maximum Gasteiger partial charge on any atom is 0.250 e. The van der Waals surface area contributed by atoms with Crippen LogP contribution in [0.4, 0.5) is 4.39 Å². The minimum atomic E-state index is -2.17. The first-order valence-electron chi connectivity index (χ1n) is 10.3. The second-order valence-corrected chi connectivity index (χ2v) is 14.1. The van der Waals surface area contributed by atoms with Gasteiger partial charge in [-0.1, -0.05) is 32.9 Å². The van der Waals surface area contributed by atoms with Gasteiger partial charge in [0.05, 0.1) is 5.92 Å². The molecule has 1 aromatic carbocycles. The fourth-order valence-electron chi connectivity index (χ4n) is 3.14. The Morgan fingerprint density at radius 2 is 1.83 bits per heavy atom. The molecule has 6 heteroatoms. The fraction of sp³-hybridized carbons (Fsp3) is 0.417. The zero-order valence-corrected chi connectivity index (χ0v) is 19.3. The van der Waals surface area contributed by atoms with Crippen molar-refractivity contribution in [1.82, 2.24) is 0 Å². The molecule has 0 fully saturated rings. The average molecular weight is 429 g/mol. The third-order valence-corrected chi connectivity index (χ3v) is 10.4. The lowest BCUT2D eigenvalue weighted by Gasteiger charge is -2.38. The zero-order chi connectivity index (χ0) is 22.1. The molecule has 0 saturated heterocycles. The molecule has 1 aliphatic rings. The Morgan fingerprint density at radius 3 is 2.47 bits per heavy atom. The van der Waals surface area contributed by atoms with E-state index in [2.05, 4.69) is 33.9 Å². The smallest absolute Gasteiger partial charge is 0.250 e. The first kappa shape index (κ1) is 22.2. The molecule has 0 N–H and O–H groups in total. The van der Waals surface area contributed by atoms with Crippen molar-refractivity contribution < 1.29 is 22.8 Å². The summed E-state index contributed by atoms with van der Waals surface area (Å²) in [4.78, 5) is 26.0. The van der Waals surface area contributed by atoms with Crippen LogP contribution in [0.15, 0.2) is 52.7 Å². The maximum absolute atomic E-state index is 13.1. The van der Waals surface area contributed by atoms with Crippen LogP contribution in [0, 0.1) is 11.7 Å². The van der Waals surface area contributed by atoms with Crippen LogP contribution in [-0.2, 0) is 15.6 Å². The van der Waals surface area contributed by atoms with Gasteiger partial charge in [-0.2, -0.15) is 0 Å². The molecule has 0 spiro atoms. The van der Waals surface area contributed by atoms with Crippen molar-refractivity contribution in [1.29, 1.82) is 0 Å². The monoisotopic (exact) mass is 428 g/mol. The molecule has 0 radical (unpaired) electrons. The standard InChI is InChI=1S/C24H29FO4Si/c1-24(2,3)30(4,5)29-21-8-6-7-19(23(21)27)22(26)20-14-13-18(28-20)15-16-9-11-17(25)12-10-16/h8-14,19H,6-7,15H2,1-5H3. The number of Topliss-reactive ketones (excluding diaryl/α,β-unsaturated/α-hetero) is 2. The van der Waals surface area contributed by atoms with Crippen molar-refractivity contribution in [2.45, 2.75) is 58.2 Å². The Hall–Kier alpha value is -2.47. The number of carbonyl (C=O) groups excluding carboxylic acids is 2. The third-order valence-electron chi connectivity index (χ3n) is 6.03. The highest BCUT2D eigenvalue weighted by Gasteiger charge is 2.42. The van der Waals surface area contributed by atoms with Crippen LogP contribution in [0.2, 0.25) is 18.1 Å². The van der Waals surface area contributed by atoms with Gasteiger partial charge in [-0.15, -0.1) is 0 Å². The highest BCUT2D eigenvalue weighted by molar-refractivity contribution is 6.74. The van der Waals surface area contributed by atoms with E-state index in [1.54, 1.807) is 24.3 Å². The minimum Gasteiger partial charge on any atom is -0.541 e. The Bertz CT molecular complexity index is 964. The van der Waals surface area contributed by atoms with Gasteiger partial charge < -0.3 is 8.84 Å². The number of ketones is 2. The summed E-state index contributed by atoms with van der Waals surface area (Å²) in [6.45, 7) is 10.5. The van der Waals surface area contributed by atoms with Crippen molar-refractivity contribution in [2.24, 2.45) is 5.92 Å². The number of carbonyl (C=O) groups is 2. The number of halogens is 1. The van der Waals surface area contributed by atoms with Crippen molar-refractivity contribution in [3.8, 4) is 0 Å². The fourth-order valence-corrected chi connectivity index (χ4v) is 4.18. The van der Waals surface area contributed by atoms with Gasteiger partial charge in [-0.25, -0.2) is 4.39 Å². The highest BCUT2D eigenvalue weighted by atomic mass is 28.4. The predicted molar refractivity (Wildman–Crippen MR) is 116 cm³/mol. The van der Waals surface area contributed by atoms with E-state index in [-0.39, 0.29) is 28.2 Å². The van der Waals surface area contributed by atoms with Crippen LogP contribution in [0.3, 0.4) is 0 Å². The van der Waals surface area contributed by atoms with Gasteiger partial charge in [-0.3, -0.25) is 9.59 Å². The SMILES string of the molecule is CC(C)(C)[Si](C)(C)OC1=CCCC(C(=O)c2ccc(Cc3ccc(F)cc3)o2)C1=O. The Kier molecular flexibility index (Phi) is 6.18. The molecule has 30 heavy (non-hydrogen) atoms. The summed E-state index contributed by atoms with van der Waals surface area (Å²) in [5, 5.41) is -0.0403. The first-order chi connectivity index (χ1) is 14.0. The van der Waals surface area contributed by atoms with Crippen molar-refractivity contribution in [3.05, 3.63) is 71.1 Å². The lowest BCUT2D eigenvalue weighted by molar-refractivity contribution is -0.120. The summed E-state index contributed by atoms with van der Waals surface area (Å²) in [6, 6.07) is 9.48. The summed E-state index contributed by atoms with van der Waals surface area (Å²) in [7, 11) is -2.17. The molecule has 0 saturated carbocycles. The second kappa shape index (κ2) is 8.34. The van der Waals surface area contributed by atoms with Crippen LogP contribution >= 0.6 is 0 Å². The highest BCUT2D eigenvalue weighted by Crippen LogP contribution is 2.39. The van der Waals surface area contributed by atoms with Crippen molar-refractivity contribution in [2.75, 3.05) is 0 Å². The van der Waals surface area contributed by atoms with Gasteiger partial charge in [0.2, 0.25) is 11.6 Å². The lowest BCUT2D eigenvalue weighted by Crippen LogP contribution is -2.43. The van der Waals surface area contributed by atoms with E-state index in [0.717, 1.165) is 5.56 Å².